The van der Waals surface area contributed by atoms with Crippen molar-refractivity contribution in [2.24, 2.45) is 0 Å². The zero-order chi connectivity index (χ0) is 13.1. The van der Waals surface area contributed by atoms with E-state index >= 15 is 0 Å². The van der Waals surface area contributed by atoms with Gasteiger partial charge in [0.05, 0.1) is 12.6 Å². The van der Waals surface area contributed by atoms with Crippen LogP contribution in [0.4, 0.5) is 0 Å². The summed E-state index contributed by atoms with van der Waals surface area (Å²) in [7, 11) is 0. The van der Waals surface area contributed by atoms with Crippen LogP contribution < -0.4 is 9.47 Å². The van der Waals surface area contributed by atoms with Crippen LogP contribution in [0.2, 0.25) is 0 Å². The van der Waals surface area contributed by atoms with Gasteiger partial charge in [-0.15, -0.1) is 0 Å². The molecule has 104 valence electrons. The van der Waals surface area contributed by atoms with Crippen LogP contribution in [0.25, 0.3) is 0 Å². The number of para-hydroxylation sites is 2. The van der Waals surface area contributed by atoms with E-state index in [2.05, 4.69) is 4.90 Å². The molecule has 2 aliphatic rings. The molecule has 1 fully saturated rings. The van der Waals surface area contributed by atoms with Gasteiger partial charge in [-0.3, -0.25) is 4.90 Å². The van der Waals surface area contributed by atoms with Crippen molar-refractivity contribution in [1.29, 1.82) is 0 Å². The highest BCUT2D eigenvalue weighted by Gasteiger charge is 2.34. The Hall–Kier alpha value is -1.26. The van der Waals surface area contributed by atoms with Gasteiger partial charge >= 0.3 is 0 Å². The van der Waals surface area contributed by atoms with Crippen molar-refractivity contribution in [2.45, 2.75) is 31.4 Å². The summed E-state index contributed by atoms with van der Waals surface area (Å²) in [5.41, 5.74) is 0. The molecule has 4 nitrogen and oxygen atoms in total. The smallest absolute Gasteiger partial charge is 0.161 e. The van der Waals surface area contributed by atoms with Gasteiger partial charge in [-0.25, -0.2) is 0 Å². The fourth-order valence-electron chi connectivity index (χ4n) is 3.07. The maximum atomic E-state index is 9.18. The quantitative estimate of drug-likeness (QED) is 0.901. The Kier molecular flexibility index (Phi) is 3.89. The Labute approximate surface area is 113 Å². The van der Waals surface area contributed by atoms with Gasteiger partial charge in [0.1, 0.15) is 12.7 Å². The van der Waals surface area contributed by atoms with Crippen molar-refractivity contribution < 1.29 is 14.6 Å². The molecule has 0 saturated carbocycles. The van der Waals surface area contributed by atoms with Crippen molar-refractivity contribution >= 4 is 0 Å². The molecule has 2 unspecified atom stereocenters. The van der Waals surface area contributed by atoms with Gasteiger partial charge in [0, 0.05) is 6.54 Å². The highest BCUT2D eigenvalue weighted by Crippen LogP contribution is 2.33. The van der Waals surface area contributed by atoms with Gasteiger partial charge in [-0.2, -0.15) is 0 Å². The summed E-state index contributed by atoms with van der Waals surface area (Å²) in [6.07, 6.45) is 3.63. The number of likely N-dealkylation sites (tertiary alicyclic amines) is 1. The Balaban J connectivity index is 1.72. The van der Waals surface area contributed by atoms with E-state index < -0.39 is 0 Å². The lowest BCUT2D eigenvalue weighted by molar-refractivity contribution is -0.00776. The number of hydrogen-bond acceptors (Lipinski definition) is 4. The highest BCUT2D eigenvalue weighted by molar-refractivity contribution is 5.40. The second-order valence-corrected chi connectivity index (χ2v) is 5.24. The van der Waals surface area contributed by atoms with Crippen molar-refractivity contribution in [3.63, 3.8) is 0 Å². The first-order chi connectivity index (χ1) is 9.38. The molecule has 2 atom stereocenters. The van der Waals surface area contributed by atoms with Crippen LogP contribution in [0.5, 0.6) is 11.5 Å². The average molecular weight is 263 g/mol. The molecule has 1 saturated heterocycles. The summed E-state index contributed by atoms with van der Waals surface area (Å²) in [6, 6.07) is 8.19. The number of ether oxygens (including phenoxy) is 2. The normalized spacial score (nSPS) is 27.2. The molecular formula is C15H21NO3. The molecule has 0 spiro atoms. The van der Waals surface area contributed by atoms with Crippen molar-refractivity contribution in [3.05, 3.63) is 24.3 Å². The number of aliphatic hydroxyl groups excluding tert-OH is 1. The molecule has 0 aromatic heterocycles. The third-order valence-electron chi connectivity index (χ3n) is 4.01. The minimum atomic E-state index is 0.0711. The van der Waals surface area contributed by atoms with Crippen LogP contribution in [0.3, 0.4) is 0 Å². The Morgan fingerprint density at radius 2 is 2.05 bits per heavy atom. The number of piperidine rings is 1. The molecule has 0 radical (unpaired) electrons. The summed E-state index contributed by atoms with van der Waals surface area (Å²) in [5, 5.41) is 9.18. The van der Waals surface area contributed by atoms with Crippen molar-refractivity contribution in [3.8, 4) is 11.5 Å². The molecule has 0 amide bonds. The number of rotatable bonds is 3. The first-order valence-electron chi connectivity index (χ1n) is 7.12. The number of aliphatic hydroxyl groups is 1. The summed E-state index contributed by atoms with van der Waals surface area (Å²) in [6.45, 7) is 2.59. The third-order valence-corrected chi connectivity index (χ3v) is 4.01. The minimum Gasteiger partial charge on any atom is -0.486 e. The predicted octanol–water partition coefficient (Wildman–Crippen LogP) is 1.67. The summed E-state index contributed by atoms with van der Waals surface area (Å²) < 4.78 is 11.9. The van der Waals surface area contributed by atoms with Crippen LogP contribution >= 0.6 is 0 Å². The van der Waals surface area contributed by atoms with E-state index in [1.807, 2.05) is 24.3 Å². The summed E-state index contributed by atoms with van der Waals surface area (Å²) >= 11 is 0. The molecular weight excluding hydrogens is 242 g/mol. The first-order valence-corrected chi connectivity index (χ1v) is 7.12. The Morgan fingerprint density at radius 3 is 2.89 bits per heavy atom. The van der Waals surface area contributed by atoms with E-state index in [0.717, 1.165) is 31.0 Å². The first kappa shape index (κ1) is 12.8. The molecule has 1 aromatic carbocycles. The summed E-state index contributed by atoms with van der Waals surface area (Å²) in [5.74, 6) is 1.68. The number of β-amino-alcohol motifs (C(OH)–C–C–N with tert-alkyl or cyclic N) is 1. The number of hydrogen-bond donors (Lipinski definition) is 1. The molecule has 19 heavy (non-hydrogen) atoms. The topological polar surface area (TPSA) is 41.9 Å². The van der Waals surface area contributed by atoms with Crippen molar-refractivity contribution in [2.75, 3.05) is 26.3 Å². The van der Waals surface area contributed by atoms with E-state index in [-0.39, 0.29) is 12.7 Å². The monoisotopic (exact) mass is 263 g/mol. The fraction of sp³-hybridized carbons (Fsp3) is 0.600. The van der Waals surface area contributed by atoms with Gasteiger partial charge < -0.3 is 14.6 Å². The minimum absolute atomic E-state index is 0.0711. The lowest BCUT2D eigenvalue weighted by Crippen LogP contribution is -2.52. The van der Waals surface area contributed by atoms with E-state index in [1.165, 1.54) is 12.8 Å². The maximum absolute atomic E-state index is 9.18. The Morgan fingerprint density at radius 1 is 1.21 bits per heavy atom. The predicted molar refractivity (Wildman–Crippen MR) is 72.7 cm³/mol. The molecule has 2 heterocycles. The number of benzene rings is 1. The van der Waals surface area contributed by atoms with Crippen LogP contribution in [0.15, 0.2) is 24.3 Å². The van der Waals surface area contributed by atoms with Crippen molar-refractivity contribution in [1.82, 2.24) is 4.90 Å². The SMILES string of the molecule is OCCN1CCCCC1C1COc2ccccc2O1. The Bertz CT molecular complexity index is 422. The third kappa shape index (κ3) is 2.69. The standard InChI is InChI=1S/C15H21NO3/c17-10-9-16-8-4-3-5-12(16)15-11-18-13-6-1-2-7-14(13)19-15/h1-2,6-7,12,15,17H,3-5,8-11H2. The second kappa shape index (κ2) is 5.80. The zero-order valence-electron chi connectivity index (χ0n) is 11.1. The van der Waals surface area contributed by atoms with Gasteiger partial charge in [-0.05, 0) is 31.5 Å². The zero-order valence-corrected chi connectivity index (χ0v) is 11.1. The lowest BCUT2D eigenvalue weighted by Gasteiger charge is -2.41. The largest absolute Gasteiger partial charge is 0.486 e. The fourth-order valence-corrected chi connectivity index (χ4v) is 3.07. The molecule has 3 rings (SSSR count). The lowest BCUT2D eigenvalue weighted by atomic mass is 9.97. The van der Waals surface area contributed by atoms with Crippen LogP contribution in [0, 0.1) is 0 Å². The van der Waals surface area contributed by atoms with Gasteiger partial charge in [0.2, 0.25) is 0 Å². The van der Waals surface area contributed by atoms with Crippen LogP contribution in [-0.4, -0.2) is 48.5 Å². The molecule has 0 bridgehead atoms. The molecule has 0 aliphatic carbocycles. The molecule has 4 heteroatoms. The average Bonchev–Trinajstić information content (AvgIpc) is 2.48. The van der Waals surface area contributed by atoms with E-state index in [4.69, 9.17) is 9.47 Å². The number of nitrogens with zero attached hydrogens (tertiary/aromatic N) is 1. The summed E-state index contributed by atoms with van der Waals surface area (Å²) in [4.78, 5) is 2.34. The molecule has 2 aliphatic heterocycles. The van der Waals surface area contributed by atoms with E-state index in [1.54, 1.807) is 0 Å². The molecule has 1 N–H and O–H groups in total. The number of fused-ring (bicyclic) bond motifs is 1. The van der Waals surface area contributed by atoms with Gasteiger partial charge in [0.15, 0.2) is 11.5 Å². The maximum Gasteiger partial charge on any atom is 0.161 e. The molecule has 1 aromatic rings. The van der Waals surface area contributed by atoms with Gasteiger partial charge in [-0.1, -0.05) is 18.6 Å². The second-order valence-electron chi connectivity index (χ2n) is 5.24. The van der Waals surface area contributed by atoms with Gasteiger partial charge in [0.25, 0.3) is 0 Å². The van der Waals surface area contributed by atoms with Crippen LogP contribution in [0.1, 0.15) is 19.3 Å². The van der Waals surface area contributed by atoms with Crippen LogP contribution in [-0.2, 0) is 0 Å². The van der Waals surface area contributed by atoms with E-state index in [9.17, 15) is 5.11 Å². The highest BCUT2D eigenvalue weighted by atomic mass is 16.6. The van der Waals surface area contributed by atoms with E-state index in [0.29, 0.717) is 12.6 Å².